The molecule has 0 spiro atoms. The molecule has 3 aromatic rings. The van der Waals surface area contributed by atoms with Gasteiger partial charge >= 0.3 is 0 Å². The van der Waals surface area contributed by atoms with Gasteiger partial charge in [0.2, 0.25) is 5.95 Å². The van der Waals surface area contributed by atoms with Gasteiger partial charge in [-0.15, -0.1) is 0 Å². The highest BCUT2D eigenvalue weighted by atomic mass is 15.2. The molecule has 2 N–H and O–H groups in total. The third kappa shape index (κ3) is 5.34. The van der Waals surface area contributed by atoms with Crippen molar-refractivity contribution in [1.29, 1.82) is 0 Å². The molecular formula is C26H35N5. The van der Waals surface area contributed by atoms with Crippen LogP contribution < -0.4 is 15.5 Å². The van der Waals surface area contributed by atoms with E-state index in [0.29, 0.717) is 6.04 Å². The molecule has 0 unspecified atom stereocenters. The standard InChI is InChI=1S/C26H35N5/c1-4-20-9-5-6-10-21(20)18-27-17-19-13-15-22(16-14-19)28-26-29-24-12-8-7-11-23(24)25(30-26)31(2)3/h5-12,19,22,27H,4,13-18H2,1-3H3,(H,28,29,30)/t19-,22+. The molecule has 4 rings (SSSR count). The molecule has 2 aromatic carbocycles. The lowest BCUT2D eigenvalue weighted by Crippen LogP contribution is -2.31. The smallest absolute Gasteiger partial charge is 0.225 e. The molecule has 1 aliphatic carbocycles. The molecule has 0 radical (unpaired) electrons. The Balaban J connectivity index is 1.29. The summed E-state index contributed by atoms with van der Waals surface area (Å²) in [5.74, 6) is 2.47. The molecule has 0 aliphatic heterocycles. The van der Waals surface area contributed by atoms with E-state index < -0.39 is 0 Å². The van der Waals surface area contributed by atoms with E-state index in [1.54, 1.807) is 0 Å². The number of nitrogens with one attached hydrogen (secondary N) is 2. The molecule has 164 valence electrons. The molecule has 1 heterocycles. The maximum Gasteiger partial charge on any atom is 0.225 e. The largest absolute Gasteiger partial charge is 0.362 e. The van der Waals surface area contributed by atoms with E-state index in [-0.39, 0.29) is 0 Å². The topological polar surface area (TPSA) is 53.1 Å². The third-order valence-electron chi connectivity index (χ3n) is 6.43. The van der Waals surface area contributed by atoms with Crippen LogP contribution in [0.4, 0.5) is 11.8 Å². The summed E-state index contributed by atoms with van der Waals surface area (Å²) < 4.78 is 0. The number of hydrogen-bond donors (Lipinski definition) is 2. The van der Waals surface area contributed by atoms with Crippen molar-refractivity contribution in [3.05, 3.63) is 59.7 Å². The minimum Gasteiger partial charge on any atom is -0.362 e. The SMILES string of the molecule is CCc1ccccc1CNC[C@H]1CC[C@@H](Nc2nc(N(C)C)c3ccccc3n2)CC1. The molecule has 1 saturated carbocycles. The number of anilines is 2. The van der Waals surface area contributed by atoms with Crippen molar-refractivity contribution in [2.45, 2.75) is 51.6 Å². The normalized spacial score (nSPS) is 18.8. The van der Waals surface area contributed by atoms with Gasteiger partial charge in [0.15, 0.2) is 0 Å². The summed E-state index contributed by atoms with van der Waals surface area (Å²) in [6.45, 7) is 4.30. The fourth-order valence-corrected chi connectivity index (χ4v) is 4.64. The van der Waals surface area contributed by atoms with E-state index in [9.17, 15) is 0 Å². The highest BCUT2D eigenvalue weighted by Crippen LogP contribution is 2.28. The number of nitrogens with zero attached hydrogens (tertiary/aromatic N) is 3. The summed E-state index contributed by atoms with van der Waals surface area (Å²) in [6.07, 6.45) is 5.93. The maximum absolute atomic E-state index is 4.80. The predicted molar refractivity (Wildman–Crippen MR) is 131 cm³/mol. The van der Waals surface area contributed by atoms with Gasteiger partial charge in [0.25, 0.3) is 0 Å². The van der Waals surface area contributed by atoms with Gasteiger partial charge in [-0.3, -0.25) is 0 Å². The molecular weight excluding hydrogens is 382 g/mol. The predicted octanol–water partition coefficient (Wildman–Crippen LogP) is 5.02. The van der Waals surface area contributed by atoms with Crippen LogP contribution in [0, 0.1) is 5.92 Å². The van der Waals surface area contributed by atoms with Crippen molar-refractivity contribution >= 4 is 22.7 Å². The molecule has 5 heteroatoms. The number of aromatic nitrogens is 2. The molecule has 0 amide bonds. The summed E-state index contributed by atoms with van der Waals surface area (Å²) in [4.78, 5) is 11.6. The Morgan fingerprint density at radius 1 is 0.903 bits per heavy atom. The fourth-order valence-electron chi connectivity index (χ4n) is 4.64. The Kier molecular flexibility index (Phi) is 7.03. The minimum atomic E-state index is 0.452. The van der Waals surface area contributed by atoms with Crippen LogP contribution in [0.2, 0.25) is 0 Å². The van der Waals surface area contributed by atoms with Gasteiger partial charge in [0, 0.05) is 32.1 Å². The number of para-hydroxylation sites is 1. The van der Waals surface area contributed by atoms with Gasteiger partial charge in [0.05, 0.1) is 5.52 Å². The van der Waals surface area contributed by atoms with Crippen LogP contribution in [0.15, 0.2) is 48.5 Å². The van der Waals surface area contributed by atoms with Gasteiger partial charge in [-0.2, -0.15) is 4.98 Å². The number of aryl methyl sites for hydroxylation is 1. The Morgan fingerprint density at radius 2 is 1.61 bits per heavy atom. The Morgan fingerprint density at radius 3 is 2.35 bits per heavy atom. The lowest BCUT2D eigenvalue weighted by molar-refractivity contribution is 0.323. The van der Waals surface area contributed by atoms with Crippen LogP contribution in [0.1, 0.15) is 43.7 Å². The van der Waals surface area contributed by atoms with Crippen molar-refractivity contribution in [2.75, 3.05) is 30.9 Å². The zero-order chi connectivity index (χ0) is 21.6. The van der Waals surface area contributed by atoms with Crippen molar-refractivity contribution < 1.29 is 0 Å². The van der Waals surface area contributed by atoms with E-state index >= 15 is 0 Å². The van der Waals surface area contributed by atoms with Crippen molar-refractivity contribution in [1.82, 2.24) is 15.3 Å². The Bertz CT molecular complexity index is 992. The third-order valence-corrected chi connectivity index (χ3v) is 6.43. The Labute approximate surface area is 186 Å². The van der Waals surface area contributed by atoms with Gasteiger partial charge in [-0.1, -0.05) is 43.3 Å². The zero-order valence-electron chi connectivity index (χ0n) is 19.1. The minimum absolute atomic E-state index is 0.452. The molecule has 0 bridgehead atoms. The first kappa shape index (κ1) is 21.6. The highest BCUT2D eigenvalue weighted by molar-refractivity contribution is 5.90. The van der Waals surface area contributed by atoms with Crippen LogP contribution in [-0.2, 0) is 13.0 Å². The van der Waals surface area contributed by atoms with E-state index in [1.807, 2.05) is 26.2 Å². The molecule has 31 heavy (non-hydrogen) atoms. The van der Waals surface area contributed by atoms with E-state index in [2.05, 4.69) is 58.9 Å². The highest BCUT2D eigenvalue weighted by Gasteiger charge is 2.22. The van der Waals surface area contributed by atoms with E-state index in [0.717, 1.165) is 48.1 Å². The lowest BCUT2D eigenvalue weighted by Gasteiger charge is -2.29. The van der Waals surface area contributed by atoms with Crippen molar-refractivity contribution in [2.24, 2.45) is 5.92 Å². The second-order valence-electron chi connectivity index (χ2n) is 8.90. The number of benzene rings is 2. The van der Waals surface area contributed by atoms with Gasteiger partial charge < -0.3 is 15.5 Å². The molecule has 1 aromatic heterocycles. The van der Waals surface area contributed by atoms with Gasteiger partial charge in [-0.05, 0) is 67.8 Å². The van der Waals surface area contributed by atoms with Crippen molar-refractivity contribution in [3.63, 3.8) is 0 Å². The van der Waals surface area contributed by atoms with Gasteiger partial charge in [-0.25, -0.2) is 4.98 Å². The maximum atomic E-state index is 4.80. The first-order chi connectivity index (χ1) is 15.1. The quantitative estimate of drug-likeness (QED) is 0.539. The first-order valence-corrected chi connectivity index (χ1v) is 11.6. The number of fused-ring (bicyclic) bond motifs is 1. The lowest BCUT2D eigenvalue weighted by atomic mass is 9.86. The first-order valence-electron chi connectivity index (χ1n) is 11.6. The summed E-state index contributed by atoms with van der Waals surface area (Å²) in [7, 11) is 4.07. The fraction of sp³-hybridized carbons (Fsp3) is 0.462. The number of hydrogen-bond acceptors (Lipinski definition) is 5. The second-order valence-corrected chi connectivity index (χ2v) is 8.90. The number of rotatable bonds is 8. The molecule has 5 nitrogen and oxygen atoms in total. The molecule has 1 aliphatic rings. The van der Waals surface area contributed by atoms with E-state index in [4.69, 9.17) is 9.97 Å². The van der Waals surface area contributed by atoms with Crippen molar-refractivity contribution in [3.8, 4) is 0 Å². The van der Waals surface area contributed by atoms with Crippen LogP contribution in [0.25, 0.3) is 10.9 Å². The molecule has 1 fully saturated rings. The van der Waals surface area contributed by atoms with Crippen LogP contribution in [0.3, 0.4) is 0 Å². The monoisotopic (exact) mass is 417 g/mol. The summed E-state index contributed by atoms with van der Waals surface area (Å²) in [5, 5.41) is 8.41. The summed E-state index contributed by atoms with van der Waals surface area (Å²) in [6, 6.07) is 17.5. The summed E-state index contributed by atoms with van der Waals surface area (Å²) >= 11 is 0. The molecule has 0 atom stereocenters. The average molecular weight is 418 g/mol. The Hall–Kier alpha value is -2.66. The van der Waals surface area contributed by atoms with Crippen LogP contribution in [-0.4, -0.2) is 36.6 Å². The zero-order valence-corrected chi connectivity index (χ0v) is 19.1. The molecule has 0 saturated heterocycles. The van der Waals surface area contributed by atoms with E-state index in [1.165, 1.54) is 36.8 Å². The summed E-state index contributed by atoms with van der Waals surface area (Å²) in [5.41, 5.74) is 3.88. The van der Waals surface area contributed by atoms with Crippen LogP contribution in [0.5, 0.6) is 0 Å². The second kappa shape index (κ2) is 10.1. The van der Waals surface area contributed by atoms with Gasteiger partial charge in [0.1, 0.15) is 5.82 Å². The average Bonchev–Trinajstić information content (AvgIpc) is 2.80. The van der Waals surface area contributed by atoms with Crippen LogP contribution >= 0.6 is 0 Å².